The highest BCUT2D eigenvalue weighted by atomic mass is 16.5. The van der Waals surface area contributed by atoms with Crippen LogP contribution in [0.15, 0.2) is 54.2 Å². The topological polar surface area (TPSA) is 77.1 Å². The smallest absolute Gasteiger partial charge is 0.278 e. The van der Waals surface area contributed by atoms with Crippen LogP contribution in [0.25, 0.3) is 5.57 Å². The van der Waals surface area contributed by atoms with Gasteiger partial charge in [-0.25, -0.2) is 0 Å². The van der Waals surface area contributed by atoms with E-state index in [-0.39, 0.29) is 23.6 Å². The summed E-state index contributed by atoms with van der Waals surface area (Å²) in [5.41, 5.74) is 1.95. The molecule has 0 fully saturated rings. The molecule has 0 saturated carbocycles. The predicted octanol–water partition coefficient (Wildman–Crippen LogP) is 4.10. The number of amides is 2. The van der Waals surface area contributed by atoms with E-state index >= 15 is 0 Å². The Balaban J connectivity index is 1.91. The van der Waals surface area contributed by atoms with Gasteiger partial charge in [0.05, 0.1) is 18.8 Å². The van der Waals surface area contributed by atoms with Crippen LogP contribution in [0.5, 0.6) is 11.5 Å². The van der Waals surface area contributed by atoms with Gasteiger partial charge in [0, 0.05) is 25.4 Å². The number of benzene rings is 2. The van der Waals surface area contributed by atoms with Crippen molar-refractivity contribution in [1.82, 2.24) is 4.90 Å². The number of nitrogens with one attached hydrogen (secondary N) is 1. The number of nitrogens with zero attached hydrogens (tertiary/aromatic N) is 1. The van der Waals surface area contributed by atoms with E-state index in [9.17, 15) is 9.59 Å². The van der Waals surface area contributed by atoms with E-state index in [2.05, 4.69) is 5.32 Å². The maximum atomic E-state index is 13.3. The summed E-state index contributed by atoms with van der Waals surface area (Å²) in [6.45, 7) is 7.20. The van der Waals surface area contributed by atoms with E-state index < -0.39 is 0 Å². The van der Waals surface area contributed by atoms with Gasteiger partial charge in [0.25, 0.3) is 11.8 Å². The number of methoxy groups -OCH3 is 1. The summed E-state index contributed by atoms with van der Waals surface area (Å²) in [4.78, 5) is 27.7. The van der Waals surface area contributed by atoms with Gasteiger partial charge in [0.2, 0.25) is 0 Å². The summed E-state index contributed by atoms with van der Waals surface area (Å²) in [7, 11) is 1.59. The molecule has 2 aromatic carbocycles. The van der Waals surface area contributed by atoms with Crippen molar-refractivity contribution in [1.29, 1.82) is 0 Å². The molecule has 0 aromatic heterocycles. The molecule has 0 saturated heterocycles. The highest BCUT2D eigenvalue weighted by Gasteiger charge is 2.38. The fourth-order valence-corrected chi connectivity index (χ4v) is 3.42. The van der Waals surface area contributed by atoms with Crippen LogP contribution in [0.2, 0.25) is 0 Å². The summed E-state index contributed by atoms with van der Waals surface area (Å²) >= 11 is 0. The molecule has 3 rings (SSSR count). The first-order chi connectivity index (χ1) is 15.4. The summed E-state index contributed by atoms with van der Waals surface area (Å²) in [5, 5.41) is 3.15. The van der Waals surface area contributed by atoms with Crippen molar-refractivity contribution in [3.05, 3.63) is 59.8 Å². The molecule has 1 N–H and O–H groups in total. The second-order valence-electron chi connectivity index (χ2n) is 7.61. The zero-order valence-corrected chi connectivity index (χ0v) is 19.0. The second kappa shape index (κ2) is 10.8. The average molecular weight is 439 g/mol. The standard InChI is InChI=1S/C25H30N2O5/c1-5-31-16-6-15-27-24(28)22(18-7-11-21(12-8-18)32-17(2)3)23(25(27)29)26-19-9-13-20(30-4)14-10-19/h7-14,17,26H,5-6,15-16H2,1-4H3. The Morgan fingerprint density at radius 1 is 0.938 bits per heavy atom. The number of anilines is 1. The van der Waals surface area contributed by atoms with Crippen molar-refractivity contribution < 1.29 is 23.8 Å². The van der Waals surface area contributed by atoms with Gasteiger partial charge in [-0.1, -0.05) is 12.1 Å². The monoisotopic (exact) mass is 438 g/mol. The fraction of sp³-hybridized carbons (Fsp3) is 0.360. The van der Waals surface area contributed by atoms with E-state index in [4.69, 9.17) is 14.2 Å². The minimum absolute atomic E-state index is 0.0443. The van der Waals surface area contributed by atoms with E-state index in [0.717, 1.165) is 0 Å². The summed E-state index contributed by atoms with van der Waals surface area (Å²) < 4.78 is 16.3. The lowest BCUT2D eigenvalue weighted by atomic mass is 10.0. The third-order valence-corrected chi connectivity index (χ3v) is 4.92. The molecule has 0 unspecified atom stereocenters. The van der Waals surface area contributed by atoms with E-state index in [1.807, 2.05) is 32.9 Å². The summed E-state index contributed by atoms with van der Waals surface area (Å²) in [5.74, 6) is 0.746. The Morgan fingerprint density at radius 2 is 1.59 bits per heavy atom. The lowest BCUT2D eigenvalue weighted by molar-refractivity contribution is -0.137. The quantitative estimate of drug-likeness (QED) is 0.420. The molecule has 1 aliphatic heterocycles. The Bertz CT molecular complexity index is 965. The molecule has 1 aliphatic rings. The predicted molar refractivity (Wildman–Crippen MR) is 124 cm³/mol. The lowest BCUT2D eigenvalue weighted by Crippen LogP contribution is -2.34. The molecule has 2 aromatic rings. The van der Waals surface area contributed by atoms with Crippen molar-refractivity contribution in [2.45, 2.75) is 33.3 Å². The molecule has 32 heavy (non-hydrogen) atoms. The molecule has 0 radical (unpaired) electrons. The van der Waals surface area contributed by atoms with Gasteiger partial charge in [-0.3, -0.25) is 14.5 Å². The number of ether oxygens (including phenoxy) is 3. The summed E-state index contributed by atoms with van der Waals surface area (Å²) in [6.07, 6.45) is 0.623. The van der Waals surface area contributed by atoms with Gasteiger partial charge in [-0.2, -0.15) is 0 Å². The van der Waals surface area contributed by atoms with Crippen LogP contribution in [0, 0.1) is 0 Å². The van der Waals surface area contributed by atoms with Gasteiger partial charge in [0.15, 0.2) is 0 Å². The van der Waals surface area contributed by atoms with Gasteiger partial charge in [-0.15, -0.1) is 0 Å². The lowest BCUT2D eigenvalue weighted by Gasteiger charge is -2.15. The van der Waals surface area contributed by atoms with Crippen LogP contribution >= 0.6 is 0 Å². The summed E-state index contributed by atoms with van der Waals surface area (Å²) in [6, 6.07) is 14.4. The third-order valence-electron chi connectivity index (χ3n) is 4.92. The minimum atomic E-state index is -0.347. The van der Waals surface area contributed by atoms with E-state index in [1.165, 1.54) is 4.90 Å². The molecule has 0 atom stereocenters. The Labute approximate surface area is 189 Å². The number of carbonyl (C=O) groups excluding carboxylic acids is 2. The zero-order valence-electron chi connectivity index (χ0n) is 19.0. The Hall–Kier alpha value is -3.32. The van der Waals surface area contributed by atoms with Crippen LogP contribution in [-0.2, 0) is 14.3 Å². The first-order valence-electron chi connectivity index (χ1n) is 10.8. The molecular weight excluding hydrogens is 408 g/mol. The average Bonchev–Trinajstić information content (AvgIpc) is 3.01. The third kappa shape index (κ3) is 5.48. The molecule has 7 heteroatoms. The van der Waals surface area contributed by atoms with Crippen molar-refractivity contribution in [2.75, 3.05) is 32.2 Å². The van der Waals surface area contributed by atoms with E-state index in [1.54, 1.807) is 43.5 Å². The first kappa shape index (κ1) is 23.3. The van der Waals surface area contributed by atoms with Crippen LogP contribution < -0.4 is 14.8 Å². The second-order valence-corrected chi connectivity index (χ2v) is 7.61. The van der Waals surface area contributed by atoms with Crippen molar-refractivity contribution >= 4 is 23.1 Å². The zero-order chi connectivity index (χ0) is 23.1. The minimum Gasteiger partial charge on any atom is -0.497 e. The molecule has 1 heterocycles. The van der Waals surface area contributed by atoms with Gasteiger partial charge in [0.1, 0.15) is 17.2 Å². The molecule has 2 amide bonds. The van der Waals surface area contributed by atoms with Gasteiger partial charge in [-0.05, 0) is 69.2 Å². The van der Waals surface area contributed by atoms with Crippen LogP contribution in [0.3, 0.4) is 0 Å². The molecule has 0 bridgehead atoms. The molecular formula is C25H30N2O5. The number of hydrogen-bond donors (Lipinski definition) is 1. The maximum absolute atomic E-state index is 13.3. The molecule has 7 nitrogen and oxygen atoms in total. The number of hydrogen-bond acceptors (Lipinski definition) is 6. The number of rotatable bonds is 11. The van der Waals surface area contributed by atoms with Crippen LogP contribution in [-0.4, -0.2) is 49.7 Å². The van der Waals surface area contributed by atoms with Crippen molar-refractivity contribution in [3.63, 3.8) is 0 Å². The maximum Gasteiger partial charge on any atom is 0.278 e. The fourth-order valence-electron chi connectivity index (χ4n) is 3.42. The normalized spacial score (nSPS) is 13.8. The highest BCUT2D eigenvalue weighted by Crippen LogP contribution is 2.32. The highest BCUT2D eigenvalue weighted by molar-refractivity contribution is 6.36. The van der Waals surface area contributed by atoms with E-state index in [0.29, 0.717) is 54.5 Å². The molecule has 0 spiro atoms. The van der Waals surface area contributed by atoms with Crippen LogP contribution in [0.4, 0.5) is 5.69 Å². The molecule has 0 aliphatic carbocycles. The first-order valence-corrected chi connectivity index (χ1v) is 10.8. The van der Waals surface area contributed by atoms with Gasteiger partial charge >= 0.3 is 0 Å². The van der Waals surface area contributed by atoms with Gasteiger partial charge < -0.3 is 19.5 Å². The number of carbonyl (C=O) groups is 2. The molecule has 170 valence electrons. The SMILES string of the molecule is CCOCCCN1C(=O)C(Nc2ccc(OC)cc2)=C(c2ccc(OC(C)C)cc2)C1=O. The Morgan fingerprint density at radius 3 is 2.19 bits per heavy atom. The number of imide groups is 1. The van der Waals surface area contributed by atoms with Crippen molar-refractivity contribution in [3.8, 4) is 11.5 Å². The Kier molecular flexibility index (Phi) is 7.89. The van der Waals surface area contributed by atoms with Crippen LogP contribution in [0.1, 0.15) is 32.8 Å². The van der Waals surface area contributed by atoms with Crippen molar-refractivity contribution in [2.24, 2.45) is 0 Å². The largest absolute Gasteiger partial charge is 0.497 e.